The first-order valence-electron chi connectivity index (χ1n) is 6.96. The molecule has 106 valence electrons. The molecule has 0 amide bonds. The van der Waals surface area contributed by atoms with Gasteiger partial charge in [-0.25, -0.2) is 9.37 Å². The SMILES string of the molecule is CN(CC1CC1)c1nccc(CNC(C)(C)C)c1F. The second kappa shape index (κ2) is 5.45. The van der Waals surface area contributed by atoms with Gasteiger partial charge in [0.2, 0.25) is 0 Å². The van der Waals surface area contributed by atoms with Crippen LogP contribution >= 0.6 is 0 Å². The fourth-order valence-electron chi connectivity index (χ4n) is 2.01. The lowest BCUT2D eigenvalue weighted by atomic mass is 10.1. The van der Waals surface area contributed by atoms with Gasteiger partial charge in [0.1, 0.15) is 0 Å². The average molecular weight is 265 g/mol. The lowest BCUT2D eigenvalue weighted by Gasteiger charge is -2.22. The van der Waals surface area contributed by atoms with Gasteiger partial charge in [0.25, 0.3) is 0 Å². The first-order valence-corrected chi connectivity index (χ1v) is 6.96. The summed E-state index contributed by atoms with van der Waals surface area (Å²) in [6.07, 6.45) is 4.22. The lowest BCUT2D eigenvalue weighted by molar-refractivity contribution is 0.418. The van der Waals surface area contributed by atoms with Crippen LogP contribution in [0.3, 0.4) is 0 Å². The van der Waals surface area contributed by atoms with Crippen LogP contribution in [0.25, 0.3) is 0 Å². The maximum atomic E-state index is 14.4. The number of aromatic nitrogens is 1. The Hall–Kier alpha value is -1.16. The fraction of sp³-hybridized carbons (Fsp3) is 0.667. The van der Waals surface area contributed by atoms with Crippen LogP contribution in [-0.4, -0.2) is 24.1 Å². The number of rotatable bonds is 5. The number of pyridine rings is 1. The second-order valence-corrected chi connectivity index (χ2v) is 6.54. The van der Waals surface area contributed by atoms with Crippen LogP contribution in [-0.2, 0) is 6.54 Å². The molecule has 0 unspecified atom stereocenters. The summed E-state index contributed by atoms with van der Waals surface area (Å²) in [5.41, 5.74) is 0.665. The van der Waals surface area contributed by atoms with E-state index in [-0.39, 0.29) is 11.4 Å². The number of halogens is 1. The van der Waals surface area contributed by atoms with Crippen LogP contribution in [0.5, 0.6) is 0 Å². The Balaban J connectivity index is 2.07. The van der Waals surface area contributed by atoms with Crippen molar-refractivity contribution in [3.05, 3.63) is 23.6 Å². The van der Waals surface area contributed by atoms with Crippen molar-refractivity contribution in [2.45, 2.75) is 45.7 Å². The van der Waals surface area contributed by atoms with E-state index < -0.39 is 0 Å². The zero-order valence-corrected chi connectivity index (χ0v) is 12.3. The molecule has 1 heterocycles. The predicted molar refractivity (Wildman–Crippen MR) is 76.8 cm³/mol. The standard InChI is InChI=1S/C15H24FN3/c1-15(2,3)18-9-12-7-8-17-14(13(12)16)19(4)10-11-5-6-11/h7-8,11,18H,5-6,9-10H2,1-4H3. The monoisotopic (exact) mass is 265 g/mol. The summed E-state index contributed by atoms with van der Waals surface area (Å²) < 4.78 is 14.4. The molecule has 0 aromatic carbocycles. The molecule has 1 aromatic rings. The Morgan fingerprint density at radius 1 is 1.42 bits per heavy atom. The molecule has 1 N–H and O–H groups in total. The van der Waals surface area contributed by atoms with Gasteiger partial charge in [-0.05, 0) is 45.6 Å². The third-order valence-electron chi connectivity index (χ3n) is 3.35. The van der Waals surface area contributed by atoms with Crippen LogP contribution in [0.15, 0.2) is 12.3 Å². The summed E-state index contributed by atoms with van der Waals surface area (Å²) in [6.45, 7) is 7.66. The summed E-state index contributed by atoms with van der Waals surface area (Å²) in [5, 5.41) is 3.31. The molecule has 2 rings (SSSR count). The van der Waals surface area contributed by atoms with Crippen LogP contribution in [0.1, 0.15) is 39.2 Å². The van der Waals surface area contributed by atoms with E-state index >= 15 is 0 Å². The molecule has 0 spiro atoms. The van der Waals surface area contributed by atoms with E-state index in [2.05, 4.69) is 31.1 Å². The van der Waals surface area contributed by atoms with Crippen molar-refractivity contribution in [1.82, 2.24) is 10.3 Å². The highest BCUT2D eigenvalue weighted by molar-refractivity contribution is 5.42. The second-order valence-electron chi connectivity index (χ2n) is 6.54. The van der Waals surface area contributed by atoms with Gasteiger partial charge in [-0.2, -0.15) is 0 Å². The van der Waals surface area contributed by atoms with Gasteiger partial charge in [-0.1, -0.05) is 0 Å². The minimum atomic E-state index is -0.192. The van der Waals surface area contributed by atoms with E-state index in [0.29, 0.717) is 17.9 Å². The summed E-state index contributed by atoms with van der Waals surface area (Å²) in [4.78, 5) is 6.13. The maximum absolute atomic E-state index is 14.4. The molecule has 0 atom stereocenters. The van der Waals surface area contributed by atoms with Crippen molar-refractivity contribution >= 4 is 5.82 Å². The highest BCUT2D eigenvalue weighted by atomic mass is 19.1. The van der Waals surface area contributed by atoms with E-state index in [0.717, 1.165) is 12.5 Å². The number of anilines is 1. The molecule has 0 radical (unpaired) electrons. The number of hydrogen-bond donors (Lipinski definition) is 1. The first-order chi connectivity index (χ1) is 8.87. The van der Waals surface area contributed by atoms with E-state index in [1.807, 2.05) is 11.9 Å². The first kappa shape index (κ1) is 14.3. The van der Waals surface area contributed by atoms with E-state index in [9.17, 15) is 4.39 Å². The Bertz CT molecular complexity index is 436. The molecule has 3 nitrogen and oxygen atoms in total. The van der Waals surface area contributed by atoms with Gasteiger partial charge in [0.05, 0.1) is 0 Å². The Morgan fingerprint density at radius 3 is 2.68 bits per heavy atom. The number of nitrogens with zero attached hydrogens (tertiary/aromatic N) is 2. The molecule has 1 aromatic heterocycles. The minimum absolute atomic E-state index is 0.0181. The molecular formula is C15H24FN3. The van der Waals surface area contributed by atoms with Crippen molar-refractivity contribution in [2.75, 3.05) is 18.5 Å². The third kappa shape index (κ3) is 4.16. The minimum Gasteiger partial charge on any atom is -0.357 e. The highest BCUT2D eigenvalue weighted by Gasteiger charge is 2.25. The summed E-state index contributed by atoms with van der Waals surface area (Å²) in [7, 11) is 1.92. The van der Waals surface area contributed by atoms with Gasteiger partial charge in [0.15, 0.2) is 11.6 Å². The van der Waals surface area contributed by atoms with Crippen LogP contribution in [0, 0.1) is 11.7 Å². The highest BCUT2D eigenvalue weighted by Crippen LogP contribution is 2.31. The quantitative estimate of drug-likeness (QED) is 0.887. The summed E-state index contributed by atoms with van der Waals surface area (Å²) in [5.74, 6) is 1.00. The van der Waals surface area contributed by atoms with Crippen LogP contribution in [0.4, 0.5) is 10.2 Å². The predicted octanol–water partition coefficient (Wildman–Crippen LogP) is 2.96. The number of hydrogen-bond acceptors (Lipinski definition) is 3. The number of nitrogens with one attached hydrogen (secondary N) is 1. The molecule has 1 saturated carbocycles. The van der Waals surface area contributed by atoms with Crippen molar-refractivity contribution in [2.24, 2.45) is 5.92 Å². The molecule has 1 aliphatic rings. The molecular weight excluding hydrogens is 241 g/mol. The Labute approximate surface area is 115 Å². The maximum Gasteiger partial charge on any atom is 0.170 e. The molecule has 4 heteroatoms. The van der Waals surface area contributed by atoms with Gasteiger partial charge in [0, 0.05) is 37.4 Å². The molecule has 0 saturated heterocycles. The van der Waals surface area contributed by atoms with Crippen LogP contribution in [0.2, 0.25) is 0 Å². The smallest absolute Gasteiger partial charge is 0.170 e. The zero-order valence-electron chi connectivity index (χ0n) is 12.3. The van der Waals surface area contributed by atoms with E-state index in [1.165, 1.54) is 12.8 Å². The summed E-state index contributed by atoms with van der Waals surface area (Å²) >= 11 is 0. The summed E-state index contributed by atoms with van der Waals surface area (Å²) in [6, 6.07) is 1.75. The van der Waals surface area contributed by atoms with E-state index in [4.69, 9.17) is 0 Å². The van der Waals surface area contributed by atoms with Gasteiger partial charge >= 0.3 is 0 Å². The van der Waals surface area contributed by atoms with Crippen molar-refractivity contribution in [3.63, 3.8) is 0 Å². The fourth-order valence-corrected chi connectivity index (χ4v) is 2.01. The molecule has 0 bridgehead atoms. The molecule has 19 heavy (non-hydrogen) atoms. The Kier molecular flexibility index (Phi) is 4.09. The largest absolute Gasteiger partial charge is 0.357 e. The topological polar surface area (TPSA) is 28.2 Å². The normalized spacial score (nSPS) is 15.6. The Morgan fingerprint density at radius 2 is 2.11 bits per heavy atom. The van der Waals surface area contributed by atoms with Crippen LogP contribution < -0.4 is 10.2 Å². The third-order valence-corrected chi connectivity index (χ3v) is 3.35. The van der Waals surface area contributed by atoms with Crippen molar-refractivity contribution < 1.29 is 4.39 Å². The van der Waals surface area contributed by atoms with Crippen molar-refractivity contribution in [3.8, 4) is 0 Å². The van der Waals surface area contributed by atoms with Crippen molar-refractivity contribution in [1.29, 1.82) is 0 Å². The molecule has 0 aliphatic heterocycles. The zero-order chi connectivity index (χ0) is 14.0. The average Bonchev–Trinajstić information content (AvgIpc) is 3.10. The van der Waals surface area contributed by atoms with Gasteiger partial charge < -0.3 is 10.2 Å². The molecule has 1 fully saturated rings. The molecule has 1 aliphatic carbocycles. The van der Waals surface area contributed by atoms with Gasteiger partial charge in [-0.15, -0.1) is 0 Å². The van der Waals surface area contributed by atoms with Gasteiger partial charge in [-0.3, -0.25) is 0 Å². The van der Waals surface area contributed by atoms with E-state index in [1.54, 1.807) is 12.3 Å². The lowest BCUT2D eigenvalue weighted by Crippen LogP contribution is -2.35.